The molecule has 3 atom stereocenters. The van der Waals surface area contributed by atoms with Crippen LogP contribution in [0.2, 0.25) is 0 Å². The molecule has 0 amide bonds. The van der Waals surface area contributed by atoms with E-state index in [9.17, 15) is 0 Å². The minimum Gasteiger partial charge on any atom is -0.328 e. The molecule has 2 aromatic rings. The zero-order chi connectivity index (χ0) is 15.0. The van der Waals surface area contributed by atoms with Gasteiger partial charge in [-0.1, -0.05) is 32.4 Å². The van der Waals surface area contributed by atoms with Crippen LogP contribution in [0.3, 0.4) is 0 Å². The van der Waals surface area contributed by atoms with Gasteiger partial charge in [0.25, 0.3) is 0 Å². The number of aromatic nitrogens is 2. The highest BCUT2D eigenvalue weighted by Crippen LogP contribution is 2.37. The standard InChI is InChI=1S/C18H27N3/c1-4-21-16-8-6-5-7-15(16)20-17(21)12-18(19)11-13(2)9-10-14(18)3/h5-8,13-14H,4,9-12,19H2,1-3H3. The van der Waals surface area contributed by atoms with Crippen LogP contribution in [0.4, 0.5) is 0 Å². The topological polar surface area (TPSA) is 43.8 Å². The second kappa shape index (κ2) is 5.45. The van der Waals surface area contributed by atoms with Gasteiger partial charge in [0.2, 0.25) is 0 Å². The Hall–Kier alpha value is -1.35. The number of hydrogen-bond donors (Lipinski definition) is 1. The highest BCUT2D eigenvalue weighted by Gasteiger charge is 2.38. The highest BCUT2D eigenvalue weighted by molar-refractivity contribution is 5.75. The summed E-state index contributed by atoms with van der Waals surface area (Å²) in [5.41, 5.74) is 9.04. The molecule has 3 nitrogen and oxygen atoms in total. The van der Waals surface area contributed by atoms with Crippen molar-refractivity contribution in [2.45, 2.75) is 58.5 Å². The number of rotatable bonds is 3. The summed E-state index contributed by atoms with van der Waals surface area (Å²) in [7, 11) is 0. The van der Waals surface area contributed by atoms with E-state index in [1.807, 2.05) is 0 Å². The van der Waals surface area contributed by atoms with Crippen molar-refractivity contribution in [1.82, 2.24) is 9.55 Å². The molecule has 0 spiro atoms. The molecule has 1 aromatic heterocycles. The van der Waals surface area contributed by atoms with Crippen LogP contribution in [0.15, 0.2) is 24.3 Å². The van der Waals surface area contributed by atoms with Crippen molar-refractivity contribution in [2.24, 2.45) is 17.6 Å². The number of nitrogens with zero attached hydrogens (tertiary/aromatic N) is 2. The SMILES string of the molecule is CCn1c(CC2(N)CC(C)CCC2C)nc2ccccc21. The van der Waals surface area contributed by atoms with Crippen LogP contribution in [0, 0.1) is 11.8 Å². The summed E-state index contributed by atoms with van der Waals surface area (Å²) in [6.07, 6.45) is 4.55. The van der Waals surface area contributed by atoms with Gasteiger partial charge in [0.05, 0.1) is 11.0 Å². The monoisotopic (exact) mass is 285 g/mol. The van der Waals surface area contributed by atoms with E-state index in [4.69, 9.17) is 10.7 Å². The molecule has 2 N–H and O–H groups in total. The van der Waals surface area contributed by atoms with E-state index in [-0.39, 0.29) is 5.54 Å². The van der Waals surface area contributed by atoms with Gasteiger partial charge in [-0.3, -0.25) is 0 Å². The largest absolute Gasteiger partial charge is 0.328 e. The maximum atomic E-state index is 6.82. The molecule has 0 saturated heterocycles. The lowest BCUT2D eigenvalue weighted by Crippen LogP contribution is -2.52. The average Bonchev–Trinajstić information content (AvgIpc) is 2.79. The maximum Gasteiger partial charge on any atom is 0.111 e. The minimum atomic E-state index is -0.105. The van der Waals surface area contributed by atoms with Crippen molar-refractivity contribution in [3.63, 3.8) is 0 Å². The van der Waals surface area contributed by atoms with Gasteiger partial charge in [-0.05, 0) is 43.7 Å². The summed E-state index contributed by atoms with van der Waals surface area (Å²) in [5, 5.41) is 0. The van der Waals surface area contributed by atoms with Crippen LogP contribution in [-0.4, -0.2) is 15.1 Å². The molecule has 114 valence electrons. The van der Waals surface area contributed by atoms with Crippen molar-refractivity contribution in [1.29, 1.82) is 0 Å². The zero-order valence-electron chi connectivity index (χ0n) is 13.5. The van der Waals surface area contributed by atoms with E-state index in [0.29, 0.717) is 5.92 Å². The number of benzene rings is 1. The first kappa shape index (κ1) is 14.6. The van der Waals surface area contributed by atoms with Gasteiger partial charge in [0.15, 0.2) is 0 Å². The second-order valence-corrected chi connectivity index (χ2v) is 6.96. The highest BCUT2D eigenvalue weighted by atomic mass is 15.1. The first-order valence-corrected chi connectivity index (χ1v) is 8.26. The third-order valence-corrected chi connectivity index (χ3v) is 5.34. The number of imidazole rings is 1. The van der Waals surface area contributed by atoms with Crippen LogP contribution in [0.5, 0.6) is 0 Å². The van der Waals surface area contributed by atoms with E-state index in [1.54, 1.807) is 0 Å². The second-order valence-electron chi connectivity index (χ2n) is 6.96. The van der Waals surface area contributed by atoms with Gasteiger partial charge in [0, 0.05) is 18.5 Å². The Kier molecular flexibility index (Phi) is 3.78. The first-order valence-electron chi connectivity index (χ1n) is 8.26. The number of hydrogen-bond acceptors (Lipinski definition) is 2. The fraction of sp³-hybridized carbons (Fsp3) is 0.611. The molecule has 3 heteroatoms. The number of nitrogens with two attached hydrogens (primary N) is 1. The predicted molar refractivity (Wildman–Crippen MR) is 88.2 cm³/mol. The van der Waals surface area contributed by atoms with E-state index >= 15 is 0 Å². The van der Waals surface area contributed by atoms with Crippen LogP contribution in [0.1, 0.15) is 45.9 Å². The number of aryl methyl sites for hydroxylation is 1. The lowest BCUT2D eigenvalue weighted by atomic mass is 9.68. The number of fused-ring (bicyclic) bond motifs is 1. The molecule has 21 heavy (non-hydrogen) atoms. The van der Waals surface area contributed by atoms with Crippen LogP contribution < -0.4 is 5.73 Å². The Morgan fingerprint density at radius 3 is 2.81 bits per heavy atom. The lowest BCUT2D eigenvalue weighted by molar-refractivity contribution is 0.158. The third-order valence-electron chi connectivity index (χ3n) is 5.34. The molecule has 1 aliphatic rings. The molecule has 1 aromatic carbocycles. The van der Waals surface area contributed by atoms with Gasteiger partial charge in [-0.25, -0.2) is 4.98 Å². The molecular formula is C18H27N3. The number of para-hydroxylation sites is 2. The Bertz CT molecular complexity index is 630. The Labute approximate surface area is 127 Å². The summed E-state index contributed by atoms with van der Waals surface area (Å²) in [6, 6.07) is 8.40. The van der Waals surface area contributed by atoms with Crippen LogP contribution in [-0.2, 0) is 13.0 Å². The third kappa shape index (κ3) is 2.59. The summed E-state index contributed by atoms with van der Waals surface area (Å²) in [6.45, 7) is 7.78. The molecular weight excluding hydrogens is 258 g/mol. The van der Waals surface area contributed by atoms with E-state index in [1.165, 1.54) is 18.4 Å². The fourth-order valence-electron chi connectivity index (χ4n) is 3.93. The fourth-order valence-corrected chi connectivity index (χ4v) is 3.93. The molecule has 0 radical (unpaired) electrons. The van der Waals surface area contributed by atoms with E-state index in [0.717, 1.165) is 36.6 Å². The Morgan fingerprint density at radius 2 is 2.05 bits per heavy atom. The lowest BCUT2D eigenvalue weighted by Gasteiger charge is -2.42. The average molecular weight is 285 g/mol. The van der Waals surface area contributed by atoms with Gasteiger partial charge < -0.3 is 10.3 Å². The van der Waals surface area contributed by atoms with Crippen LogP contribution in [0.25, 0.3) is 11.0 Å². The molecule has 1 fully saturated rings. The molecule has 0 bridgehead atoms. The summed E-state index contributed by atoms with van der Waals surface area (Å²) < 4.78 is 2.33. The zero-order valence-corrected chi connectivity index (χ0v) is 13.5. The van der Waals surface area contributed by atoms with Crippen molar-refractivity contribution in [2.75, 3.05) is 0 Å². The predicted octanol–water partition coefficient (Wildman–Crippen LogP) is 3.75. The summed E-state index contributed by atoms with van der Waals surface area (Å²) in [5.74, 6) is 2.45. The molecule has 3 unspecified atom stereocenters. The van der Waals surface area contributed by atoms with Gasteiger partial charge >= 0.3 is 0 Å². The summed E-state index contributed by atoms with van der Waals surface area (Å²) >= 11 is 0. The van der Waals surface area contributed by atoms with Crippen LogP contribution >= 0.6 is 0 Å². The molecule has 1 saturated carbocycles. The van der Waals surface area contributed by atoms with Crippen molar-refractivity contribution in [3.8, 4) is 0 Å². The normalized spacial score (nSPS) is 29.9. The van der Waals surface area contributed by atoms with Gasteiger partial charge in [-0.15, -0.1) is 0 Å². The Morgan fingerprint density at radius 1 is 1.29 bits per heavy atom. The molecule has 0 aliphatic heterocycles. The molecule has 1 aliphatic carbocycles. The maximum absolute atomic E-state index is 6.82. The van der Waals surface area contributed by atoms with E-state index in [2.05, 4.69) is 49.6 Å². The van der Waals surface area contributed by atoms with Crippen molar-refractivity contribution in [3.05, 3.63) is 30.1 Å². The van der Waals surface area contributed by atoms with Crippen molar-refractivity contribution < 1.29 is 0 Å². The van der Waals surface area contributed by atoms with Gasteiger partial charge in [0.1, 0.15) is 5.82 Å². The first-order chi connectivity index (χ1) is 10.0. The van der Waals surface area contributed by atoms with Gasteiger partial charge in [-0.2, -0.15) is 0 Å². The molecule has 3 rings (SSSR count). The quantitative estimate of drug-likeness (QED) is 0.933. The summed E-state index contributed by atoms with van der Waals surface area (Å²) in [4.78, 5) is 4.87. The van der Waals surface area contributed by atoms with Crippen molar-refractivity contribution >= 4 is 11.0 Å². The van der Waals surface area contributed by atoms with E-state index < -0.39 is 0 Å². The molecule has 1 heterocycles. The smallest absolute Gasteiger partial charge is 0.111 e. The Balaban J connectivity index is 1.97. The minimum absolute atomic E-state index is 0.105.